The summed E-state index contributed by atoms with van der Waals surface area (Å²) in [6, 6.07) is 2.24. The fourth-order valence-corrected chi connectivity index (χ4v) is 5.74. The van der Waals surface area contributed by atoms with Crippen molar-refractivity contribution in [1.82, 2.24) is 0 Å². The summed E-state index contributed by atoms with van der Waals surface area (Å²) < 4.78 is 1.53. The van der Waals surface area contributed by atoms with Crippen LogP contribution in [0, 0.1) is 12.8 Å². The Hall–Kier alpha value is 0.0500. The Morgan fingerprint density at radius 2 is 1.35 bits per heavy atom. The van der Waals surface area contributed by atoms with E-state index in [-0.39, 0.29) is 0 Å². The van der Waals surface area contributed by atoms with E-state index in [4.69, 9.17) is 0 Å². The molecule has 0 fully saturated rings. The van der Waals surface area contributed by atoms with E-state index in [1.807, 2.05) is 11.3 Å². The normalized spacial score (nSPS) is 12.6. The first-order valence-corrected chi connectivity index (χ1v) is 13.3. The van der Waals surface area contributed by atoms with E-state index in [2.05, 4.69) is 44.0 Å². The van der Waals surface area contributed by atoms with Gasteiger partial charge in [-0.15, -0.1) is 23.1 Å². The first kappa shape index (κ1) is 24.1. The van der Waals surface area contributed by atoms with E-state index in [9.17, 15) is 0 Å². The van der Waals surface area contributed by atoms with Gasteiger partial charge in [0.1, 0.15) is 0 Å². The van der Waals surface area contributed by atoms with Gasteiger partial charge in [0.25, 0.3) is 0 Å². The Kier molecular flexibility index (Phi) is 15.9. The third kappa shape index (κ3) is 13.3. The summed E-state index contributed by atoms with van der Waals surface area (Å²) >= 11 is 3.96. The predicted octanol–water partition coefficient (Wildman–Crippen LogP) is 9.66. The van der Waals surface area contributed by atoms with Crippen molar-refractivity contribution in [3.05, 3.63) is 17.0 Å². The molecule has 2 heteroatoms. The van der Waals surface area contributed by atoms with Gasteiger partial charge in [-0.3, -0.25) is 0 Å². The van der Waals surface area contributed by atoms with Gasteiger partial charge in [0.15, 0.2) is 0 Å². The summed E-state index contributed by atoms with van der Waals surface area (Å²) in [5.41, 5.74) is 1.46. The van der Waals surface area contributed by atoms with Crippen molar-refractivity contribution in [3.8, 4) is 0 Å². The fourth-order valence-electron chi connectivity index (χ4n) is 3.57. The van der Waals surface area contributed by atoms with Crippen LogP contribution in [0.15, 0.2) is 15.7 Å². The molecule has 0 nitrogen and oxygen atoms in total. The minimum absolute atomic E-state index is 0.941. The van der Waals surface area contributed by atoms with Crippen molar-refractivity contribution in [1.29, 1.82) is 0 Å². The van der Waals surface area contributed by atoms with Crippen LogP contribution in [0.2, 0.25) is 0 Å². The molecule has 0 aliphatic carbocycles. The third-order valence-electron chi connectivity index (χ3n) is 5.44. The monoisotopic (exact) mass is 396 g/mol. The van der Waals surface area contributed by atoms with Crippen LogP contribution < -0.4 is 0 Å². The van der Waals surface area contributed by atoms with E-state index >= 15 is 0 Å². The zero-order valence-electron chi connectivity index (χ0n) is 17.9. The molecule has 0 saturated carbocycles. The first-order valence-electron chi connectivity index (χ1n) is 11.4. The minimum atomic E-state index is 0.941. The molecular formula is C24H44S2. The van der Waals surface area contributed by atoms with Crippen molar-refractivity contribution < 1.29 is 0 Å². The average Bonchev–Trinajstić information content (AvgIpc) is 3.04. The van der Waals surface area contributed by atoms with Gasteiger partial charge in [-0.2, -0.15) is 0 Å². The van der Waals surface area contributed by atoms with Gasteiger partial charge in [0.05, 0.1) is 4.21 Å². The van der Waals surface area contributed by atoms with E-state index in [1.165, 1.54) is 112 Å². The van der Waals surface area contributed by atoms with Crippen molar-refractivity contribution in [2.24, 2.45) is 5.92 Å². The third-order valence-corrected chi connectivity index (χ3v) is 7.97. The van der Waals surface area contributed by atoms with Crippen molar-refractivity contribution in [3.63, 3.8) is 0 Å². The van der Waals surface area contributed by atoms with Gasteiger partial charge < -0.3 is 0 Å². The molecular weight excluding hydrogens is 352 g/mol. The molecule has 152 valence electrons. The fraction of sp³-hybridized carbons (Fsp3) is 0.833. The Morgan fingerprint density at radius 1 is 0.808 bits per heavy atom. The zero-order valence-corrected chi connectivity index (χ0v) is 19.5. The molecule has 0 saturated heterocycles. The second-order valence-corrected chi connectivity index (χ2v) is 10.4. The van der Waals surface area contributed by atoms with Crippen molar-refractivity contribution in [2.75, 3.05) is 5.75 Å². The van der Waals surface area contributed by atoms with Crippen molar-refractivity contribution in [2.45, 2.75) is 121 Å². The minimum Gasteiger partial charge on any atom is -0.137 e. The molecule has 0 spiro atoms. The molecule has 0 aliphatic heterocycles. The molecule has 1 unspecified atom stereocenters. The molecule has 0 amide bonds. The highest BCUT2D eigenvalue weighted by Crippen LogP contribution is 2.29. The number of hydrogen-bond donors (Lipinski definition) is 0. The predicted molar refractivity (Wildman–Crippen MR) is 124 cm³/mol. The maximum Gasteiger partial charge on any atom is 0.0627 e. The second kappa shape index (κ2) is 17.2. The van der Waals surface area contributed by atoms with E-state index in [1.54, 1.807) is 0 Å². The van der Waals surface area contributed by atoms with Crippen LogP contribution in [0.4, 0.5) is 0 Å². The maximum absolute atomic E-state index is 2.47. The number of aryl methyl sites for hydroxylation is 1. The molecule has 0 bridgehead atoms. The van der Waals surface area contributed by atoms with Crippen LogP contribution >= 0.6 is 23.1 Å². The standard InChI is InChI=1S/C24H44S2/c1-4-5-6-7-8-9-10-11-12-14-17-22(2)18-15-13-16-20-25-24-23(3)19-21-26-24/h19,21-22H,4-18,20H2,1-3H3. The lowest BCUT2D eigenvalue weighted by Gasteiger charge is -2.11. The van der Waals surface area contributed by atoms with Gasteiger partial charge >= 0.3 is 0 Å². The Balaban J connectivity index is 1.79. The quantitative estimate of drug-likeness (QED) is 0.176. The molecule has 0 radical (unpaired) electrons. The molecule has 0 N–H and O–H groups in total. The maximum atomic E-state index is 2.47. The lowest BCUT2D eigenvalue weighted by atomic mass is 9.96. The van der Waals surface area contributed by atoms with Gasteiger partial charge in [0, 0.05) is 0 Å². The summed E-state index contributed by atoms with van der Waals surface area (Å²) in [7, 11) is 0. The number of thioether (sulfide) groups is 1. The molecule has 1 rings (SSSR count). The molecule has 1 aromatic rings. The van der Waals surface area contributed by atoms with Gasteiger partial charge in [0.2, 0.25) is 0 Å². The highest BCUT2D eigenvalue weighted by molar-refractivity contribution is 8.01. The Labute approximate surface area is 172 Å². The van der Waals surface area contributed by atoms with Crippen LogP contribution in [0.5, 0.6) is 0 Å². The lowest BCUT2D eigenvalue weighted by Crippen LogP contribution is -1.95. The number of rotatable bonds is 18. The SMILES string of the molecule is CCCCCCCCCCCCC(C)CCCCCSc1sccc1C. The molecule has 1 aromatic heterocycles. The van der Waals surface area contributed by atoms with Crippen molar-refractivity contribution >= 4 is 23.1 Å². The van der Waals surface area contributed by atoms with Gasteiger partial charge in [-0.05, 0) is 42.0 Å². The molecule has 1 heterocycles. The smallest absolute Gasteiger partial charge is 0.0627 e. The summed E-state index contributed by atoms with van der Waals surface area (Å²) in [5, 5.41) is 2.22. The van der Waals surface area contributed by atoms with Crippen LogP contribution in [0.1, 0.15) is 116 Å². The highest BCUT2D eigenvalue weighted by Gasteiger charge is 2.03. The zero-order chi connectivity index (χ0) is 18.9. The lowest BCUT2D eigenvalue weighted by molar-refractivity contribution is 0.436. The first-order chi connectivity index (χ1) is 12.7. The van der Waals surface area contributed by atoms with Gasteiger partial charge in [-0.25, -0.2) is 0 Å². The summed E-state index contributed by atoms with van der Waals surface area (Å²) in [5.74, 6) is 2.24. The summed E-state index contributed by atoms with van der Waals surface area (Å²) in [4.78, 5) is 0. The van der Waals surface area contributed by atoms with Crippen LogP contribution in [0.3, 0.4) is 0 Å². The Bertz CT molecular complexity index is 410. The van der Waals surface area contributed by atoms with Crippen LogP contribution in [0.25, 0.3) is 0 Å². The molecule has 0 aliphatic rings. The largest absolute Gasteiger partial charge is 0.137 e. The summed E-state index contributed by atoms with van der Waals surface area (Å²) in [6.07, 6.45) is 21.7. The van der Waals surface area contributed by atoms with E-state index < -0.39 is 0 Å². The molecule has 0 aromatic carbocycles. The number of thiophene rings is 1. The average molecular weight is 397 g/mol. The number of unbranched alkanes of at least 4 members (excludes halogenated alkanes) is 11. The molecule has 26 heavy (non-hydrogen) atoms. The van der Waals surface area contributed by atoms with Crippen LogP contribution in [-0.2, 0) is 0 Å². The second-order valence-electron chi connectivity index (χ2n) is 8.16. The highest BCUT2D eigenvalue weighted by atomic mass is 32.2. The summed E-state index contributed by atoms with van der Waals surface area (Å²) in [6.45, 7) is 7.00. The van der Waals surface area contributed by atoms with E-state index in [0.29, 0.717) is 0 Å². The Morgan fingerprint density at radius 3 is 1.88 bits per heavy atom. The molecule has 1 atom stereocenters. The van der Waals surface area contributed by atoms with E-state index in [0.717, 1.165) is 5.92 Å². The number of hydrogen-bond acceptors (Lipinski definition) is 2. The topological polar surface area (TPSA) is 0 Å². The van der Waals surface area contributed by atoms with Gasteiger partial charge in [-0.1, -0.05) is 104 Å². The van der Waals surface area contributed by atoms with Crippen LogP contribution in [-0.4, -0.2) is 5.75 Å².